The predicted octanol–water partition coefficient (Wildman–Crippen LogP) is 0.682. The summed E-state index contributed by atoms with van der Waals surface area (Å²) in [5, 5.41) is 6.53. The molecular formula is C9H17ClN2O. The lowest BCUT2D eigenvalue weighted by atomic mass is 10.1. The summed E-state index contributed by atoms with van der Waals surface area (Å²) in [5.41, 5.74) is 0.154. The topological polar surface area (TPSA) is 33.3 Å². The minimum Gasteiger partial charge on any atom is -0.375 e. The average molecular weight is 205 g/mol. The standard InChI is InChI=1S/C9H17ClN2O/c10-9-2-1-8(5-12-9)13-6-7-3-4-11-7/h7-9,11-12H,1-6H2/t7-,8?,9?/m1/s1. The van der Waals surface area contributed by atoms with Gasteiger partial charge in [-0.15, -0.1) is 11.6 Å². The van der Waals surface area contributed by atoms with Crippen molar-refractivity contribution in [3.05, 3.63) is 0 Å². The Morgan fingerprint density at radius 3 is 2.62 bits per heavy atom. The van der Waals surface area contributed by atoms with Crippen LogP contribution in [-0.4, -0.2) is 37.3 Å². The minimum absolute atomic E-state index is 0.154. The van der Waals surface area contributed by atoms with E-state index in [0.29, 0.717) is 12.1 Å². The van der Waals surface area contributed by atoms with E-state index in [0.717, 1.165) is 32.5 Å². The van der Waals surface area contributed by atoms with Gasteiger partial charge < -0.3 is 10.1 Å². The Morgan fingerprint density at radius 2 is 2.08 bits per heavy atom. The van der Waals surface area contributed by atoms with Gasteiger partial charge in [0.1, 0.15) is 0 Å². The summed E-state index contributed by atoms with van der Waals surface area (Å²) in [6.45, 7) is 2.92. The van der Waals surface area contributed by atoms with Crippen LogP contribution in [0.5, 0.6) is 0 Å². The largest absolute Gasteiger partial charge is 0.375 e. The molecule has 0 aromatic heterocycles. The maximum absolute atomic E-state index is 5.90. The zero-order chi connectivity index (χ0) is 9.10. The van der Waals surface area contributed by atoms with Crippen molar-refractivity contribution in [1.29, 1.82) is 0 Å². The molecule has 2 unspecified atom stereocenters. The molecule has 2 N–H and O–H groups in total. The first kappa shape index (κ1) is 9.71. The van der Waals surface area contributed by atoms with E-state index < -0.39 is 0 Å². The fraction of sp³-hybridized carbons (Fsp3) is 1.00. The van der Waals surface area contributed by atoms with Gasteiger partial charge in [0.25, 0.3) is 0 Å². The van der Waals surface area contributed by atoms with Crippen LogP contribution in [0.2, 0.25) is 0 Å². The molecule has 2 aliphatic rings. The summed E-state index contributed by atoms with van der Waals surface area (Å²) >= 11 is 5.90. The molecule has 2 rings (SSSR count). The van der Waals surface area contributed by atoms with E-state index in [2.05, 4.69) is 10.6 Å². The van der Waals surface area contributed by atoms with E-state index in [1.807, 2.05) is 0 Å². The van der Waals surface area contributed by atoms with Gasteiger partial charge in [-0.3, -0.25) is 5.32 Å². The fourth-order valence-electron chi connectivity index (χ4n) is 1.68. The average Bonchev–Trinajstić information content (AvgIpc) is 2.05. The van der Waals surface area contributed by atoms with E-state index in [1.165, 1.54) is 6.42 Å². The van der Waals surface area contributed by atoms with Crippen LogP contribution in [0, 0.1) is 0 Å². The molecule has 76 valence electrons. The number of hydrogen-bond acceptors (Lipinski definition) is 3. The van der Waals surface area contributed by atoms with Crippen LogP contribution in [0.4, 0.5) is 0 Å². The first-order chi connectivity index (χ1) is 6.34. The van der Waals surface area contributed by atoms with Crippen molar-refractivity contribution >= 4 is 11.6 Å². The second kappa shape index (κ2) is 4.60. The third kappa shape index (κ3) is 2.81. The van der Waals surface area contributed by atoms with Gasteiger partial charge in [-0.1, -0.05) is 0 Å². The van der Waals surface area contributed by atoms with E-state index in [1.54, 1.807) is 0 Å². The van der Waals surface area contributed by atoms with Crippen LogP contribution in [0.1, 0.15) is 19.3 Å². The summed E-state index contributed by atoms with van der Waals surface area (Å²) in [5.74, 6) is 0. The SMILES string of the molecule is ClC1CCC(OC[C@H]2CCN2)CN1. The highest BCUT2D eigenvalue weighted by atomic mass is 35.5. The molecule has 0 aromatic rings. The lowest BCUT2D eigenvalue weighted by Gasteiger charge is -2.31. The molecule has 2 fully saturated rings. The van der Waals surface area contributed by atoms with E-state index >= 15 is 0 Å². The number of nitrogens with one attached hydrogen (secondary N) is 2. The summed E-state index contributed by atoms with van der Waals surface area (Å²) in [6, 6.07) is 0.605. The number of hydrogen-bond donors (Lipinski definition) is 2. The Morgan fingerprint density at radius 1 is 1.23 bits per heavy atom. The van der Waals surface area contributed by atoms with Gasteiger partial charge in [0.2, 0.25) is 0 Å². The molecule has 3 atom stereocenters. The molecule has 0 aliphatic carbocycles. The fourth-order valence-corrected chi connectivity index (χ4v) is 1.90. The van der Waals surface area contributed by atoms with Crippen molar-refractivity contribution < 1.29 is 4.74 Å². The van der Waals surface area contributed by atoms with Crippen molar-refractivity contribution in [3.8, 4) is 0 Å². The van der Waals surface area contributed by atoms with Gasteiger partial charge in [0.15, 0.2) is 0 Å². The molecule has 2 heterocycles. The van der Waals surface area contributed by atoms with Crippen LogP contribution in [-0.2, 0) is 4.74 Å². The van der Waals surface area contributed by atoms with E-state index in [9.17, 15) is 0 Å². The third-order valence-corrected chi connectivity index (χ3v) is 3.14. The first-order valence-corrected chi connectivity index (χ1v) is 5.50. The number of rotatable bonds is 3. The van der Waals surface area contributed by atoms with Gasteiger partial charge >= 0.3 is 0 Å². The molecule has 0 saturated carbocycles. The highest BCUT2D eigenvalue weighted by Gasteiger charge is 2.22. The first-order valence-electron chi connectivity index (χ1n) is 5.07. The van der Waals surface area contributed by atoms with Crippen LogP contribution >= 0.6 is 11.6 Å². The number of ether oxygens (including phenoxy) is 1. The maximum Gasteiger partial charge on any atom is 0.0827 e. The summed E-state index contributed by atoms with van der Waals surface area (Å²) in [4.78, 5) is 0. The Kier molecular flexibility index (Phi) is 3.44. The van der Waals surface area contributed by atoms with Crippen LogP contribution in [0.25, 0.3) is 0 Å². The van der Waals surface area contributed by atoms with Crippen molar-refractivity contribution in [2.45, 2.75) is 36.9 Å². The minimum atomic E-state index is 0.154. The molecule has 13 heavy (non-hydrogen) atoms. The molecule has 2 aliphatic heterocycles. The molecule has 0 bridgehead atoms. The smallest absolute Gasteiger partial charge is 0.0827 e. The van der Waals surface area contributed by atoms with Crippen molar-refractivity contribution in [2.24, 2.45) is 0 Å². The molecule has 0 spiro atoms. The predicted molar refractivity (Wildman–Crippen MR) is 53.0 cm³/mol. The summed E-state index contributed by atoms with van der Waals surface area (Å²) in [6.07, 6.45) is 3.74. The molecule has 0 radical (unpaired) electrons. The summed E-state index contributed by atoms with van der Waals surface area (Å²) in [7, 11) is 0. The molecule has 0 amide bonds. The van der Waals surface area contributed by atoms with Gasteiger partial charge in [-0.25, -0.2) is 0 Å². The Hall–Kier alpha value is 0.170. The number of alkyl halides is 1. The van der Waals surface area contributed by atoms with Gasteiger partial charge in [0, 0.05) is 12.6 Å². The highest BCUT2D eigenvalue weighted by molar-refractivity contribution is 6.20. The van der Waals surface area contributed by atoms with Crippen molar-refractivity contribution in [2.75, 3.05) is 19.7 Å². The quantitative estimate of drug-likeness (QED) is 0.524. The number of halogens is 1. The van der Waals surface area contributed by atoms with E-state index in [4.69, 9.17) is 16.3 Å². The van der Waals surface area contributed by atoms with Crippen LogP contribution in [0.3, 0.4) is 0 Å². The van der Waals surface area contributed by atoms with Crippen LogP contribution < -0.4 is 10.6 Å². The highest BCUT2D eigenvalue weighted by Crippen LogP contribution is 2.14. The number of piperidine rings is 1. The van der Waals surface area contributed by atoms with Crippen LogP contribution in [0.15, 0.2) is 0 Å². The lowest BCUT2D eigenvalue weighted by molar-refractivity contribution is 0.0117. The van der Waals surface area contributed by atoms with Crippen molar-refractivity contribution in [3.63, 3.8) is 0 Å². The zero-order valence-electron chi connectivity index (χ0n) is 7.76. The summed E-state index contributed by atoms with van der Waals surface area (Å²) < 4.78 is 5.75. The Balaban J connectivity index is 1.59. The Bertz CT molecular complexity index is 156. The second-order valence-electron chi connectivity index (χ2n) is 3.85. The van der Waals surface area contributed by atoms with Gasteiger partial charge in [-0.2, -0.15) is 0 Å². The van der Waals surface area contributed by atoms with Crippen molar-refractivity contribution in [1.82, 2.24) is 10.6 Å². The monoisotopic (exact) mass is 204 g/mol. The third-order valence-electron chi connectivity index (χ3n) is 2.77. The second-order valence-corrected chi connectivity index (χ2v) is 4.38. The zero-order valence-corrected chi connectivity index (χ0v) is 8.52. The molecule has 0 aromatic carbocycles. The lowest BCUT2D eigenvalue weighted by Crippen LogP contribution is -2.48. The van der Waals surface area contributed by atoms with E-state index in [-0.39, 0.29) is 5.50 Å². The normalized spacial score (nSPS) is 39.9. The van der Waals surface area contributed by atoms with Gasteiger partial charge in [-0.05, 0) is 25.8 Å². The molecule has 2 saturated heterocycles. The Labute approximate surface area is 84.2 Å². The molecule has 3 nitrogen and oxygen atoms in total. The maximum atomic E-state index is 5.90. The van der Waals surface area contributed by atoms with Gasteiger partial charge in [0.05, 0.1) is 18.2 Å². The molecule has 4 heteroatoms. The molecular weight excluding hydrogens is 188 g/mol.